The molecule has 0 bridgehead atoms. The molecule has 1 fully saturated rings. The Morgan fingerprint density at radius 2 is 1.71 bits per heavy atom. The van der Waals surface area contributed by atoms with E-state index in [4.69, 9.17) is 23.2 Å². The number of halogens is 3. The van der Waals surface area contributed by atoms with Gasteiger partial charge in [-0.1, -0.05) is 66.7 Å². The lowest BCUT2D eigenvalue weighted by atomic mass is 9.95. The fourth-order valence-corrected chi connectivity index (χ4v) is 4.45. The second-order valence-corrected chi connectivity index (χ2v) is 8.82. The van der Waals surface area contributed by atoms with Gasteiger partial charge >= 0.3 is 0 Å². The average molecular weight is 465 g/mol. The van der Waals surface area contributed by atoms with Gasteiger partial charge in [0.1, 0.15) is 11.9 Å². The first kappa shape index (κ1) is 23.6. The van der Waals surface area contributed by atoms with E-state index in [1.807, 2.05) is 0 Å². The zero-order valence-corrected chi connectivity index (χ0v) is 19.1. The van der Waals surface area contributed by atoms with Crippen LogP contribution in [-0.4, -0.2) is 28.8 Å². The number of amides is 2. The molecule has 7 heteroatoms. The summed E-state index contributed by atoms with van der Waals surface area (Å²) in [6.07, 6.45) is 5.15. The van der Waals surface area contributed by atoms with Gasteiger partial charge in [0.25, 0.3) is 0 Å². The van der Waals surface area contributed by atoms with Crippen LogP contribution >= 0.6 is 23.2 Å². The smallest absolute Gasteiger partial charge is 0.242 e. The van der Waals surface area contributed by atoms with Crippen LogP contribution in [0.5, 0.6) is 0 Å². The Balaban J connectivity index is 1.82. The molecule has 0 heterocycles. The maximum atomic E-state index is 14.3. The largest absolute Gasteiger partial charge is 0.352 e. The van der Waals surface area contributed by atoms with Crippen LogP contribution in [-0.2, 0) is 22.6 Å². The molecule has 1 saturated carbocycles. The summed E-state index contributed by atoms with van der Waals surface area (Å²) in [6, 6.07) is 10.6. The highest BCUT2D eigenvalue weighted by molar-refractivity contribution is 6.36. The zero-order valence-electron chi connectivity index (χ0n) is 17.5. The summed E-state index contributed by atoms with van der Waals surface area (Å²) in [5, 5.41) is 3.82. The van der Waals surface area contributed by atoms with Crippen molar-refractivity contribution < 1.29 is 14.0 Å². The Bertz CT molecular complexity index is 911. The number of hydrogen-bond donors (Lipinski definition) is 1. The summed E-state index contributed by atoms with van der Waals surface area (Å²) in [5.74, 6) is -0.998. The third-order valence-electron chi connectivity index (χ3n) is 5.81. The van der Waals surface area contributed by atoms with Crippen LogP contribution in [0.25, 0.3) is 0 Å². The van der Waals surface area contributed by atoms with Gasteiger partial charge in [-0.15, -0.1) is 0 Å². The third-order valence-corrected chi connectivity index (χ3v) is 6.52. The van der Waals surface area contributed by atoms with E-state index in [0.29, 0.717) is 21.2 Å². The second-order valence-electron chi connectivity index (χ2n) is 8.01. The minimum Gasteiger partial charge on any atom is -0.352 e. The van der Waals surface area contributed by atoms with Crippen molar-refractivity contribution >= 4 is 35.0 Å². The first-order valence-electron chi connectivity index (χ1n) is 10.6. The van der Waals surface area contributed by atoms with Gasteiger partial charge in [0.15, 0.2) is 0 Å². The first-order chi connectivity index (χ1) is 14.9. The summed E-state index contributed by atoms with van der Waals surface area (Å²) in [7, 11) is 0. The number of hydrogen-bond acceptors (Lipinski definition) is 2. The highest BCUT2D eigenvalue weighted by Gasteiger charge is 2.29. The summed E-state index contributed by atoms with van der Waals surface area (Å²) < 4.78 is 14.3. The fourth-order valence-electron chi connectivity index (χ4n) is 3.92. The predicted octanol–water partition coefficient (Wildman–Crippen LogP) is 5.54. The number of nitrogens with zero attached hydrogens (tertiary/aromatic N) is 1. The summed E-state index contributed by atoms with van der Waals surface area (Å²) >= 11 is 12.5. The molecule has 166 valence electrons. The molecule has 2 amide bonds. The number of nitrogens with one attached hydrogen (secondary N) is 1. The normalized spacial score (nSPS) is 15.4. The van der Waals surface area contributed by atoms with Crippen molar-refractivity contribution in [1.82, 2.24) is 10.2 Å². The molecule has 4 nitrogen and oxygen atoms in total. The Morgan fingerprint density at radius 3 is 2.35 bits per heavy atom. The van der Waals surface area contributed by atoms with Crippen LogP contribution in [0.2, 0.25) is 10.0 Å². The SMILES string of the molecule is C[C@@H](C(=O)NC1CCCCC1)N(Cc1ccccc1F)C(=O)Cc1c(Cl)cccc1Cl. The molecule has 0 unspecified atom stereocenters. The van der Waals surface area contributed by atoms with Crippen LogP contribution < -0.4 is 5.32 Å². The van der Waals surface area contributed by atoms with E-state index in [1.54, 1.807) is 43.3 Å². The minimum atomic E-state index is -0.768. The third kappa shape index (κ3) is 6.20. The molecule has 2 aromatic carbocycles. The van der Waals surface area contributed by atoms with Crippen LogP contribution in [0.3, 0.4) is 0 Å². The van der Waals surface area contributed by atoms with Gasteiger partial charge < -0.3 is 10.2 Å². The molecule has 31 heavy (non-hydrogen) atoms. The average Bonchev–Trinajstić information content (AvgIpc) is 2.76. The van der Waals surface area contributed by atoms with Crippen molar-refractivity contribution in [2.24, 2.45) is 0 Å². The van der Waals surface area contributed by atoms with Gasteiger partial charge in [0.2, 0.25) is 11.8 Å². The number of carbonyl (C=O) groups excluding carboxylic acids is 2. The molecular weight excluding hydrogens is 438 g/mol. The van der Waals surface area contributed by atoms with E-state index >= 15 is 0 Å². The molecular formula is C24H27Cl2FN2O2. The molecule has 0 radical (unpaired) electrons. The molecule has 0 spiro atoms. The quantitative estimate of drug-likeness (QED) is 0.584. The van der Waals surface area contributed by atoms with E-state index in [-0.39, 0.29) is 30.8 Å². The topological polar surface area (TPSA) is 49.4 Å². The number of rotatable bonds is 7. The van der Waals surface area contributed by atoms with Crippen molar-refractivity contribution in [2.75, 3.05) is 0 Å². The minimum absolute atomic E-state index is 0.0210. The lowest BCUT2D eigenvalue weighted by Crippen LogP contribution is -2.50. The zero-order chi connectivity index (χ0) is 22.4. The van der Waals surface area contributed by atoms with Gasteiger partial charge in [0, 0.05) is 28.2 Å². The Kier molecular flexibility index (Phi) is 8.33. The monoisotopic (exact) mass is 464 g/mol. The van der Waals surface area contributed by atoms with Gasteiger partial charge in [-0.3, -0.25) is 9.59 Å². The molecule has 2 aromatic rings. The Morgan fingerprint density at radius 1 is 1.06 bits per heavy atom. The molecule has 1 atom stereocenters. The first-order valence-corrected chi connectivity index (χ1v) is 11.4. The fraction of sp³-hybridized carbons (Fsp3) is 0.417. The van der Waals surface area contributed by atoms with E-state index in [2.05, 4.69) is 5.32 Å². The number of benzene rings is 2. The molecule has 0 aliphatic heterocycles. The van der Waals surface area contributed by atoms with E-state index < -0.39 is 11.9 Å². The lowest BCUT2D eigenvalue weighted by molar-refractivity contribution is -0.140. The van der Waals surface area contributed by atoms with Crippen molar-refractivity contribution in [3.8, 4) is 0 Å². The molecule has 0 saturated heterocycles. The van der Waals surface area contributed by atoms with E-state index in [1.165, 1.54) is 17.4 Å². The van der Waals surface area contributed by atoms with Crippen LogP contribution in [0, 0.1) is 5.82 Å². The van der Waals surface area contributed by atoms with Gasteiger partial charge in [-0.25, -0.2) is 4.39 Å². The molecule has 0 aromatic heterocycles. The van der Waals surface area contributed by atoms with Crippen LogP contribution in [0.15, 0.2) is 42.5 Å². The maximum absolute atomic E-state index is 14.3. The summed E-state index contributed by atoms with van der Waals surface area (Å²) in [4.78, 5) is 27.6. The Labute approximate surface area is 192 Å². The lowest BCUT2D eigenvalue weighted by Gasteiger charge is -2.31. The van der Waals surface area contributed by atoms with Crippen molar-refractivity contribution in [3.05, 3.63) is 69.5 Å². The van der Waals surface area contributed by atoms with E-state index in [9.17, 15) is 14.0 Å². The van der Waals surface area contributed by atoms with E-state index in [0.717, 1.165) is 25.7 Å². The summed E-state index contributed by atoms with van der Waals surface area (Å²) in [5.41, 5.74) is 0.840. The molecule has 1 aliphatic carbocycles. The molecule has 1 N–H and O–H groups in total. The van der Waals surface area contributed by atoms with Gasteiger partial charge in [-0.05, 0) is 43.5 Å². The van der Waals surface area contributed by atoms with Crippen LogP contribution in [0.4, 0.5) is 4.39 Å². The predicted molar refractivity (Wildman–Crippen MR) is 122 cm³/mol. The summed E-state index contributed by atoms with van der Waals surface area (Å²) in [6.45, 7) is 1.65. The van der Waals surface area contributed by atoms with Crippen LogP contribution in [0.1, 0.15) is 50.2 Å². The van der Waals surface area contributed by atoms with Crippen molar-refractivity contribution in [3.63, 3.8) is 0 Å². The highest BCUT2D eigenvalue weighted by atomic mass is 35.5. The Hall–Kier alpha value is -2.11. The van der Waals surface area contributed by atoms with Gasteiger partial charge in [0.05, 0.1) is 6.42 Å². The van der Waals surface area contributed by atoms with Crippen molar-refractivity contribution in [2.45, 2.75) is 64.1 Å². The maximum Gasteiger partial charge on any atom is 0.242 e. The standard InChI is InChI=1S/C24H27Cl2FN2O2/c1-16(24(31)28-18-9-3-2-4-10-18)29(15-17-8-5-6-13-22(17)27)23(30)14-19-20(25)11-7-12-21(19)26/h5-8,11-13,16,18H,2-4,9-10,14-15H2,1H3,(H,28,31)/t16-/m0/s1. The molecule has 1 aliphatic rings. The van der Waals surface area contributed by atoms with Crippen molar-refractivity contribution in [1.29, 1.82) is 0 Å². The number of carbonyl (C=O) groups is 2. The highest BCUT2D eigenvalue weighted by Crippen LogP contribution is 2.26. The van der Waals surface area contributed by atoms with Gasteiger partial charge in [-0.2, -0.15) is 0 Å². The molecule has 3 rings (SSSR count). The second kappa shape index (κ2) is 11.0.